The normalized spacial score (nSPS) is 11.2. The van der Waals surface area contributed by atoms with E-state index in [2.05, 4.69) is 15.3 Å². The van der Waals surface area contributed by atoms with Gasteiger partial charge in [0.15, 0.2) is 0 Å². The molecule has 0 atom stereocenters. The molecule has 0 spiro atoms. The van der Waals surface area contributed by atoms with Crippen LogP contribution in [0.15, 0.2) is 42.7 Å². The fourth-order valence-corrected chi connectivity index (χ4v) is 2.43. The number of fused-ring (bicyclic) bond motifs is 1. The van der Waals surface area contributed by atoms with E-state index in [1.54, 1.807) is 18.3 Å². The SMILES string of the molecule is Fc1c(CNc2ccnc3cnc(Cl)cc23)cccc1C(F)F. The summed E-state index contributed by atoms with van der Waals surface area (Å²) in [6.45, 7) is 0.0610. The van der Waals surface area contributed by atoms with E-state index < -0.39 is 17.8 Å². The van der Waals surface area contributed by atoms with Crippen LogP contribution < -0.4 is 5.32 Å². The summed E-state index contributed by atoms with van der Waals surface area (Å²) >= 11 is 5.88. The van der Waals surface area contributed by atoms with Crippen LogP contribution in [0, 0.1) is 5.82 Å². The zero-order chi connectivity index (χ0) is 16.4. The number of alkyl halides is 2. The van der Waals surface area contributed by atoms with Crippen LogP contribution in [-0.4, -0.2) is 9.97 Å². The summed E-state index contributed by atoms with van der Waals surface area (Å²) in [6, 6.07) is 7.29. The van der Waals surface area contributed by atoms with Crippen molar-refractivity contribution in [2.75, 3.05) is 5.32 Å². The van der Waals surface area contributed by atoms with Crippen LogP contribution in [0.25, 0.3) is 10.9 Å². The zero-order valence-electron chi connectivity index (χ0n) is 11.7. The fourth-order valence-electron chi connectivity index (χ4n) is 2.27. The van der Waals surface area contributed by atoms with Gasteiger partial charge in [0.2, 0.25) is 0 Å². The molecule has 2 heterocycles. The number of pyridine rings is 2. The molecule has 0 saturated carbocycles. The number of hydrogen-bond acceptors (Lipinski definition) is 3. The van der Waals surface area contributed by atoms with Gasteiger partial charge in [-0.3, -0.25) is 4.98 Å². The third-order valence-corrected chi connectivity index (χ3v) is 3.61. The molecule has 3 aromatic rings. The highest BCUT2D eigenvalue weighted by molar-refractivity contribution is 6.30. The second kappa shape index (κ2) is 6.42. The van der Waals surface area contributed by atoms with Gasteiger partial charge < -0.3 is 5.32 Å². The number of anilines is 1. The van der Waals surface area contributed by atoms with Crippen molar-refractivity contribution >= 4 is 28.2 Å². The molecule has 0 amide bonds. The predicted octanol–water partition coefficient (Wildman–Crippen LogP) is 4.97. The lowest BCUT2D eigenvalue weighted by Crippen LogP contribution is -2.05. The maximum absolute atomic E-state index is 14.0. The first-order valence-corrected chi connectivity index (χ1v) is 7.13. The first kappa shape index (κ1) is 15.6. The Morgan fingerprint density at radius 3 is 2.78 bits per heavy atom. The number of aromatic nitrogens is 2. The van der Waals surface area contributed by atoms with Crippen LogP contribution in [0.4, 0.5) is 18.9 Å². The molecule has 0 saturated heterocycles. The van der Waals surface area contributed by atoms with E-state index in [0.29, 0.717) is 16.4 Å². The molecule has 0 aliphatic rings. The number of benzene rings is 1. The van der Waals surface area contributed by atoms with Crippen molar-refractivity contribution in [1.82, 2.24) is 9.97 Å². The summed E-state index contributed by atoms with van der Waals surface area (Å²) < 4.78 is 39.5. The average molecular weight is 338 g/mol. The summed E-state index contributed by atoms with van der Waals surface area (Å²) in [5, 5.41) is 4.05. The molecule has 1 aromatic carbocycles. The van der Waals surface area contributed by atoms with Crippen LogP contribution >= 0.6 is 11.6 Å². The minimum absolute atomic E-state index is 0.0610. The molecule has 2 aromatic heterocycles. The van der Waals surface area contributed by atoms with E-state index in [0.717, 1.165) is 11.5 Å². The maximum atomic E-state index is 14.0. The van der Waals surface area contributed by atoms with E-state index in [1.165, 1.54) is 18.3 Å². The van der Waals surface area contributed by atoms with Crippen molar-refractivity contribution in [3.05, 3.63) is 64.8 Å². The Bertz CT molecular complexity index is 855. The second-order valence-corrected chi connectivity index (χ2v) is 5.24. The van der Waals surface area contributed by atoms with E-state index >= 15 is 0 Å². The Morgan fingerprint density at radius 1 is 1.17 bits per heavy atom. The minimum Gasteiger partial charge on any atom is -0.380 e. The second-order valence-electron chi connectivity index (χ2n) is 4.86. The lowest BCUT2D eigenvalue weighted by atomic mass is 10.1. The summed E-state index contributed by atoms with van der Waals surface area (Å²) in [5.74, 6) is -0.895. The number of nitrogens with zero attached hydrogens (tertiary/aromatic N) is 2. The Morgan fingerprint density at radius 2 is 2.00 bits per heavy atom. The topological polar surface area (TPSA) is 37.8 Å². The van der Waals surface area contributed by atoms with Gasteiger partial charge >= 0.3 is 0 Å². The van der Waals surface area contributed by atoms with E-state index in [-0.39, 0.29) is 12.1 Å². The average Bonchev–Trinajstić information content (AvgIpc) is 2.53. The van der Waals surface area contributed by atoms with Crippen molar-refractivity contribution in [3.8, 4) is 0 Å². The molecule has 3 nitrogen and oxygen atoms in total. The van der Waals surface area contributed by atoms with Crippen molar-refractivity contribution in [1.29, 1.82) is 0 Å². The van der Waals surface area contributed by atoms with E-state index in [4.69, 9.17) is 11.6 Å². The molecule has 0 radical (unpaired) electrons. The molecule has 0 aliphatic carbocycles. The Hall–Kier alpha value is -2.34. The van der Waals surface area contributed by atoms with Crippen molar-refractivity contribution in [3.63, 3.8) is 0 Å². The Labute approximate surface area is 135 Å². The highest BCUT2D eigenvalue weighted by Crippen LogP contribution is 2.26. The Kier molecular flexibility index (Phi) is 4.34. The molecule has 0 bridgehead atoms. The van der Waals surface area contributed by atoms with Gasteiger partial charge in [-0.1, -0.05) is 29.8 Å². The smallest absolute Gasteiger partial charge is 0.266 e. The summed E-state index contributed by atoms with van der Waals surface area (Å²) in [5.41, 5.74) is 0.853. The van der Waals surface area contributed by atoms with Crippen LogP contribution in [0.2, 0.25) is 5.15 Å². The third-order valence-electron chi connectivity index (χ3n) is 3.41. The van der Waals surface area contributed by atoms with Crippen LogP contribution in [0.1, 0.15) is 17.6 Å². The minimum atomic E-state index is -2.85. The van der Waals surface area contributed by atoms with Gasteiger partial charge in [0.1, 0.15) is 11.0 Å². The molecule has 7 heteroatoms. The summed E-state index contributed by atoms with van der Waals surface area (Å²) in [7, 11) is 0. The molecule has 0 fully saturated rings. The molecule has 0 unspecified atom stereocenters. The number of nitrogens with one attached hydrogen (secondary N) is 1. The molecule has 0 aliphatic heterocycles. The highest BCUT2D eigenvalue weighted by Gasteiger charge is 2.16. The number of halogens is 4. The zero-order valence-corrected chi connectivity index (χ0v) is 12.5. The van der Waals surface area contributed by atoms with Gasteiger partial charge in [0.05, 0.1) is 17.3 Å². The quantitative estimate of drug-likeness (QED) is 0.683. The molecular formula is C16H11ClF3N3. The van der Waals surface area contributed by atoms with Gasteiger partial charge in [0, 0.05) is 29.4 Å². The number of rotatable bonds is 4. The Balaban J connectivity index is 1.90. The lowest BCUT2D eigenvalue weighted by Gasteiger charge is -2.11. The van der Waals surface area contributed by atoms with Gasteiger partial charge in [-0.2, -0.15) is 0 Å². The van der Waals surface area contributed by atoms with Crippen LogP contribution in [0.5, 0.6) is 0 Å². The van der Waals surface area contributed by atoms with Gasteiger partial charge in [-0.05, 0) is 12.1 Å². The van der Waals surface area contributed by atoms with Crippen LogP contribution in [-0.2, 0) is 6.54 Å². The highest BCUT2D eigenvalue weighted by atomic mass is 35.5. The molecule has 23 heavy (non-hydrogen) atoms. The molecule has 3 rings (SSSR count). The van der Waals surface area contributed by atoms with Crippen LogP contribution in [0.3, 0.4) is 0 Å². The summed E-state index contributed by atoms with van der Waals surface area (Å²) in [4.78, 5) is 8.10. The largest absolute Gasteiger partial charge is 0.380 e. The lowest BCUT2D eigenvalue weighted by molar-refractivity contribution is 0.146. The summed E-state index contributed by atoms with van der Waals surface area (Å²) in [6.07, 6.45) is 0.258. The number of hydrogen-bond donors (Lipinski definition) is 1. The first-order chi connectivity index (χ1) is 11.1. The van der Waals surface area contributed by atoms with E-state index in [9.17, 15) is 13.2 Å². The monoisotopic (exact) mass is 337 g/mol. The molecule has 118 valence electrons. The van der Waals surface area contributed by atoms with Gasteiger partial charge in [-0.25, -0.2) is 18.2 Å². The standard InChI is InChI=1S/C16H11ClF3N3/c17-14-6-11-12(4-5-21-13(11)8-23-14)22-7-9-2-1-3-10(15(9)18)16(19)20/h1-6,8,16H,7H2,(H,21,22). The molecule has 1 N–H and O–H groups in total. The van der Waals surface area contributed by atoms with Crippen molar-refractivity contribution < 1.29 is 13.2 Å². The maximum Gasteiger partial charge on any atom is 0.266 e. The fraction of sp³-hybridized carbons (Fsp3) is 0.125. The van der Waals surface area contributed by atoms with Gasteiger partial charge in [0.25, 0.3) is 6.43 Å². The third kappa shape index (κ3) is 3.22. The van der Waals surface area contributed by atoms with Crippen molar-refractivity contribution in [2.45, 2.75) is 13.0 Å². The van der Waals surface area contributed by atoms with Crippen molar-refractivity contribution in [2.24, 2.45) is 0 Å². The molecular weight excluding hydrogens is 327 g/mol. The van der Waals surface area contributed by atoms with E-state index in [1.807, 2.05) is 0 Å². The van der Waals surface area contributed by atoms with Gasteiger partial charge in [-0.15, -0.1) is 0 Å². The first-order valence-electron chi connectivity index (χ1n) is 6.76. The predicted molar refractivity (Wildman–Crippen MR) is 83.2 cm³/mol.